The summed E-state index contributed by atoms with van der Waals surface area (Å²) in [5.41, 5.74) is 0. The van der Waals surface area contributed by atoms with Crippen LogP contribution in [0.1, 0.15) is 60.8 Å². The van der Waals surface area contributed by atoms with Crippen molar-refractivity contribution in [2.45, 2.75) is 66.8 Å². The van der Waals surface area contributed by atoms with E-state index in [-0.39, 0.29) is 31.5 Å². The van der Waals surface area contributed by atoms with Crippen molar-refractivity contribution in [1.82, 2.24) is 5.32 Å². The summed E-state index contributed by atoms with van der Waals surface area (Å²) in [7, 11) is 0. The molecule has 1 amide bonds. The zero-order valence-electron chi connectivity index (χ0n) is 17.6. The summed E-state index contributed by atoms with van der Waals surface area (Å²) >= 11 is 0. The Bertz CT molecular complexity index is 463. The van der Waals surface area contributed by atoms with Gasteiger partial charge in [0.05, 0.1) is 19.6 Å². The minimum Gasteiger partial charge on any atom is -0.465 e. The SMILES string of the molecule is CC(C)CC(C)COC(=O)CC(NC(=O)CO)C(=O)OCC(C)CC(C)C. The van der Waals surface area contributed by atoms with E-state index in [1.165, 1.54) is 0 Å². The van der Waals surface area contributed by atoms with Crippen molar-refractivity contribution in [3.63, 3.8) is 0 Å². The number of hydrogen-bond donors (Lipinski definition) is 2. The Labute approximate surface area is 163 Å². The highest BCUT2D eigenvalue weighted by molar-refractivity contribution is 5.88. The fourth-order valence-corrected chi connectivity index (χ4v) is 2.96. The van der Waals surface area contributed by atoms with Gasteiger partial charge >= 0.3 is 11.9 Å². The molecule has 0 saturated heterocycles. The highest BCUT2D eigenvalue weighted by Crippen LogP contribution is 2.13. The summed E-state index contributed by atoms with van der Waals surface area (Å²) in [5.74, 6) is -0.659. The van der Waals surface area contributed by atoms with E-state index in [1.54, 1.807) is 0 Å². The molecule has 0 heterocycles. The maximum absolute atomic E-state index is 12.3. The molecule has 0 fully saturated rings. The van der Waals surface area contributed by atoms with Gasteiger partial charge in [0.25, 0.3) is 0 Å². The molecule has 0 aliphatic heterocycles. The molecule has 0 aliphatic carbocycles. The first-order valence-corrected chi connectivity index (χ1v) is 9.77. The van der Waals surface area contributed by atoms with Crippen molar-refractivity contribution >= 4 is 17.8 Å². The van der Waals surface area contributed by atoms with E-state index in [0.29, 0.717) is 11.8 Å². The lowest BCUT2D eigenvalue weighted by molar-refractivity contribution is -0.155. The largest absolute Gasteiger partial charge is 0.465 e. The Balaban J connectivity index is 4.63. The van der Waals surface area contributed by atoms with Gasteiger partial charge in [0, 0.05) is 0 Å². The van der Waals surface area contributed by atoms with Gasteiger partial charge in [-0.15, -0.1) is 0 Å². The third kappa shape index (κ3) is 13.2. The van der Waals surface area contributed by atoms with E-state index >= 15 is 0 Å². The zero-order chi connectivity index (χ0) is 21.0. The van der Waals surface area contributed by atoms with E-state index in [4.69, 9.17) is 14.6 Å². The maximum atomic E-state index is 12.3. The number of hydrogen-bond acceptors (Lipinski definition) is 6. The minimum atomic E-state index is -1.16. The predicted molar refractivity (Wildman–Crippen MR) is 103 cm³/mol. The van der Waals surface area contributed by atoms with Crippen molar-refractivity contribution in [2.75, 3.05) is 19.8 Å². The van der Waals surface area contributed by atoms with Crippen molar-refractivity contribution in [2.24, 2.45) is 23.7 Å². The number of carbonyl (C=O) groups is 3. The maximum Gasteiger partial charge on any atom is 0.329 e. The molecule has 7 heteroatoms. The standard InChI is InChI=1S/C20H37NO6/c1-13(2)7-15(5)11-26-19(24)9-17(21-18(23)10-22)20(25)27-12-16(6)8-14(3)4/h13-17,22H,7-12H2,1-6H3,(H,21,23). The zero-order valence-corrected chi connectivity index (χ0v) is 17.6. The Morgan fingerprint density at radius 3 is 1.78 bits per heavy atom. The lowest BCUT2D eigenvalue weighted by Gasteiger charge is -2.20. The lowest BCUT2D eigenvalue weighted by atomic mass is 10.00. The molecule has 2 N–H and O–H groups in total. The summed E-state index contributed by atoms with van der Waals surface area (Å²) in [5, 5.41) is 11.2. The summed E-state index contributed by atoms with van der Waals surface area (Å²) < 4.78 is 10.5. The van der Waals surface area contributed by atoms with E-state index in [1.807, 2.05) is 13.8 Å². The average molecular weight is 388 g/mol. The number of aliphatic hydroxyl groups excluding tert-OH is 1. The molecule has 0 aromatic rings. The highest BCUT2D eigenvalue weighted by atomic mass is 16.5. The summed E-state index contributed by atoms with van der Waals surface area (Å²) in [6.45, 7) is 12.0. The Kier molecular flexibility index (Phi) is 12.7. The Morgan fingerprint density at radius 1 is 0.852 bits per heavy atom. The summed E-state index contributed by atoms with van der Waals surface area (Å²) in [4.78, 5) is 35.8. The number of rotatable bonds is 13. The van der Waals surface area contributed by atoms with Crippen LogP contribution in [0, 0.1) is 23.7 Å². The average Bonchev–Trinajstić information content (AvgIpc) is 2.55. The second-order valence-corrected chi connectivity index (χ2v) is 8.26. The van der Waals surface area contributed by atoms with Crippen LogP contribution in [0.5, 0.6) is 0 Å². The van der Waals surface area contributed by atoms with Gasteiger partial charge in [-0.05, 0) is 36.5 Å². The van der Waals surface area contributed by atoms with Crippen molar-refractivity contribution in [3.05, 3.63) is 0 Å². The Morgan fingerprint density at radius 2 is 1.33 bits per heavy atom. The first-order chi connectivity index (χ1) is 12.5. The van der Waals surface area contributed by atoms with Gasteiger partial charge in [0.15, 0.2) is 0 Å². The van der Waals surface area contributed by atoms with Gasteiger partial charge in [-0.25, -0.2) is 4.79 Å². The van der Waals surface area contributed by atoms with Crippen LogP contribution >= 0.6 is 0 Å². The van der Waals surface area contributed by atoms with Gasteiger partial charge in [-0.3, -0.25) is 9.59 Å². The summed E-state index contributed by atoms with van der Waals surface area (Å²) in [6.07, 6.45) is 1.50. The van der Waals surface area contributed by atoms with E-state index in [9.17, 15) is 14.4 Å². The summed E-state index contributed by atoms with van der Waals surface area (Å²) in [6, 6.07) is -1.16. The Hall–Kier alpha value is -1.63. The van der Waals surface area contributed by atoms with Crippen molar-refractivity contribution in [3.8, 4) is 0 Å². The number of ether oxygens (including phenoxy) is 2. The van der Waals surface area contributed by atoms with Crippen LogP contribution in [0.3, 0.4) is 0 Å². The number of esters is 2. The van der Waals surface area contributed by atoms with E-state index in [0.717, 1.165) is 12.8 Å². The highest BCUT2D eigenvalue weighted by Gasteiger charge is 2.26. The molecule has 27 heavy (non-hydrogen) atoms. The van der Waals surface area contributed by atoms with Crippen molar-refractivity contribution < 1.29 is 29.0 Å². The fraction of sp³-hybridized carbons (Fsp3) is 0.850. The molecule has 0 rings (SSSR count). The quantitative estimate of drug-likeness (QED) is 0.470. The molecule has 0 aliphatic rings. The topological polar surface area (TPSA) is 102 Å². The molecule has 0 saturated carbocycles. The van der Waals surface area contributed by atoms with E-state index < -0.39 is 30.5 Å². The molecule has 3 unspecified atom stereocenters. The normalized spacial score (nSPS) is 14.6. The van der Waals surface area contributed by atoms with Crippen LogP contribution in [0.4, 0.5) is 0 Å². The first-order valence-electron chi connectivity index (χ1n) is 9.77. The van der Waals surface area contributed by atoms with E-state index in [2.05, 4.69) is 33.0 Å². The van der Waals surface area contributed by atoms with Gasteiger partial charge in [-0.2, -0.15) is 0 Å². The third-order valence-electron chi connectivity index (χ3n) is 3.92. The van der Waals surface area contributed by atoms with Crippen LogP contribution < -0.4 is 5.32 Å². The minimum absolute atomic E-state index is 0.173. The second-order valence-electron chi connectivity index (χ2n) is 8.26. The molecule has 158 valence electrons. The second kappa shape index (κ2) is 13.5. The molecular formula is C20H37NO6. The monoisotopic (exact) mass is 387 g/mol. The molecule has 0 bridgehead atoms. The molecule has 3 atom stereocenters. The molecular weight excluding hydrogens is 350 g/mol. The smallest absolute Gasteiger partial charge is 0.329 e. The first kappa shape index (κ1) is 25.4. The fourth-order valence-electron chi connectivity index (χ4n) is 2.96. The van der Waals surface area contributed by atoms with Gasteiger partial charge < -0.3 is 19.9 Å². The predicted octanol–water partition coefficient (Wildman–Crippen LogP) is 2.30. The van der Waals surface area contributed by atoms with Crippen molar-refractivity contribution in [1.29, 1.82) is 0 Å². The van der Waals surface area contributed by atoms with Gasteiger partial charge in [0.2, 0.25) is 5.91 Å². The third-order valence-corrected chi connectivity index (χ3v) is 3.92. The molecule has 0 spiro atoms. The molecule has 0 radical (unpaired) electrons. The number of nitrogens with one attached hydrogen (secondary N) is 1. The van der Waals surface area contributed by atoms with Crippen LogP contribution in [0.2, 0.25) is 0 Å². The molecule has 0 aromatic heterocycles. The molecule has 7 nitrogen and oxygen atoms in total. The van der Waals surface area contributed by atoms with Gasteiger partial charge in [0.1, 0.15) is 12.6 Å². The van der Waals surface area contributed by atoms with Crippen LogP contribution in [0.25, 0.3) is 0 Å². The lowest BCUT2D eigenvalue weighted by Crippen LogP contribution is -2.45. The van der Waals surface area contributed by atoms with Gasteiger partial charge in [-0.1, -0.05) is 41.5 Å². The van der Waals surface area contributed by atoms with Crippen LogP contribution in [-0.2, 0) is 23.9 Å². The van der Waals surface area contributed by atoms with Crippen LogP contribution in [0.15, 0.2) is 0 Å². The number of amides is 1. The molecule has 0 aromatic carbocycles. The number of aliphatic hydroxyl groups is 1. The van der Waals surface area contributed by atoms with Crippen LogP contribution in [-0.4, -0.2) is 48.8 Å². The number of carbonyl (C=O) groups excluding carboxylic acids is 3.